The Morgan fingerprint density at radius 3 is 2.36 bits per heavy atom. The van der Waals surface area contributed by atoms with E-state index in [0.29, 0.717) is 11.6 Å². The van der Waals surface area contributed by atoms with E-state index in [1.165, 1.54) is 6.42 Å². The normalized spacial score (nSPS) is 30.8. The molecule has 1 aliphatic heterocycles. The summed E-state index contributed by atoms with van der Waals surface area (Å²) in [7, 11) is 4.15. The largest absolute Gasteiger partial charge is 0.363 e. The van der Waals surface area contributed by atoms with E-state index in [4.69, 9.17) is 4.74 Å². The molecule has 1 saturated heterocycles. The van der Waals surface area contributed by atoms with Crippen molar-refractivity contribution in [2.45, 2.75) is 32.9 Å². The van der Waals surface area contributed by atoms with Crippen LogP contribution in [0, 0.1) is 5.41 Å². The van der Waals surface area contributed by atoms with Gasteiger partial charge in [0.05, 0.1) is 0 Å². The summed E-state index contributed by atoms with van der Waals surface area (Å²) in [6.45, 7) is 5.54. The van der Waals surface area contributed by atoms with Crippen LogP contribution in [0.2, 0.25) is 0 Å². The lowest BCUT2D eigenvalue weighted by molar-refractivity contribution is -0.102. The van der Waals surface area contributed by atoms with Crippen molar-refractivity contribution in [1.82, 2.24) is 4.90 Å². The maximum absolute atomic E-state index is 5.60. The molecule has 1 heterocycles. The highest BCUT2D eigenvalue weighted by molar-refractivity contribution is 4.76. The van der Waals surface area contributed by atoms with Crippen molar-refractivity contribution in [1.29, 1.82) is 0 Å². The molecule has 1 unspecified atom stereocenters. The van der Waals surface area contributed by atoms with Gasteiger partial charge in [0, 0.05) is 6.61 Å². The van der Waals surface area contributed by atoms with Crippen LogP contribution in [-0.2, 0) is 4.74 Å². The van der Waals surface area contributed by atoms with Gasteiger partial charge in [-0.1, -0.05) is 13.8 Å². The van der Waals surface area contributed by atoms with E-state index >= 15 is 0 Å². The molecule has 2 heteroatoms. The molecule has 0 amide bonds. The van der Waals surface area contributed by atoms with Crippen LogP contribution in [0.15, 0.2) is 0 Å². The molecule has 0 aromatic carbocycles. The highest BCUT2D eigenvalue weighted by Gasteiger charge is 2.29. The predicted molar refractivity (Wildman–Crippen MR) is 46.4 cm³/mol. The number of rotatable bonds is 1. The fourth-order valence-corrected chi connectivity index (χ4v) is 1.44. The first-order valence-electron chi connectivity index (χ1n) is 4.29. The van der Waals surface area contributed by atoms with Crippen molar-refractivity contribution in [3.63, 3.8) is 0 Å². The summed E-state index contributed by atoms with van der Waals surface area (Å²) in [5.74, 6) is 0. The zero-order valence-electron chi connectivity index (χ0n) is 8.05. The molecule has 0 bridgehead atoms. The van der Waals surface area contributed by atoms with Crippen LogP contribution < -0.4 is 0 Å². The van der Waals surface area contributed by atoms with E-state index in [2.05, 4.69) is 32.8 Å². The molecular formula is C9H19NO. The minimum absolute atomic E-state index is 0.332. The number of nitrogens with zero attached hydrogens (tertiary/aromatic N) is 1. The topological polar surface area (TPSA) is 12.5 Å². The van der Waals surface area contributed by atoms with Crippen molar-refractivity contribution in [2.24, 2.45) is 5.41 Å². The van der Waals surface area contributed by atoms with E-state index in [9.17, 15) is 0 Å². The lowest BCUT2D eigenvalue weighted by atomic mass is 9.83. The van der Waals surface area contributed by atoms with Crippen molar-refractivity contribution in [2.75, 3.05) is 20.7 Å². The lowest BCUT2D eigenvalue weighted by Crippen LogP contribution is -2.40. The van der Waals surface area contributed by atoms with Gasteiger partial charge in [-0.25, -0.2) is 0 Å². The van der Waals surface area contributed by atoms with Crippen LogP contribution in [0.5, 0.6) is 0 Å². The molecule has 0 aromatic heterocycles. The van der Waals surface area contributed by atoms with Crippen molar-refractivity contribution in [3.8, 4) is 0 Å². The van der Waals surface area contributed by atoms with Crippen LogP contribution in [-0.4, -0.2) is 31.8 Å². The molecule has 1 atom stereocenters. The second-order valence-corrected chi connectivity index (χ2v) is 4.41. The van der Waals surface area contributed by atoms with Crippen LogP contribution in [0.1, 0.15) is 26.7 Å². The van der Waals surface area contributed by atoms with Gasteiger partial charge in [0.2, 0.25) is 0 Å². The Bertz CT molecular complexity index is 132. The molecule has 0 saturated carbocycles. The first kappa shape index (κ1) is 9.01. The molecule has 1 fully saturated rings. The smallest absolute Gasteiger partial charge is 0.110 e. The highest BCUT2D eigenvalue weighted by atomic mass is 16.5. The van der Waals surface area contributed by atoms with Gasteiger partial charge in [0.1, 0.15) is 6.23 Å². The third kappa shape index (κ3) is 2.46. The summed E-state index contributed by atoms with van der Waals surface area (Å²) in [6, 6.07) is 0. The molecule has 11 heavy (non-hydrogen) atoms. The first-order valence-corrected chi connectivity index (χ1v) is 4.29. The van der Waals surface area contributed by atoms with Gasteiger partial charge in [-0.3, -0.25) is 4.90 Å². The second kappa shape index (κ2) is 3.11. The molecule has 0 spiro atoms. The summed E-state index contributed by atoms with van der Waals surface area (Å²) in [6.07, 6.45) is 2.68. The molecule has 2 nitrogen and oxygen atoms in total. The predicted octanol–water partition coefficient (Wildman–Crippen LogP) is 1.71. The standard InChI is InChI=1S/C9H19NO/c1-9(2)5-6-11-8(7-9)10(3)4/h8H,5-7H2,1-4H3. The van der Waals surface area contributed by atoms with Gasteiger partial charge >= 0.3 is 0 Å². The second-order valence-electron chi connectivity index (χ2n) is 4.41. The summed E-state index contributed by atoms with van der Waals surface area (Å²) in [5, 5.41) is 0. The maximum atomic E-state index is 5.60. The zero-order valence-corrected chi connectivity index (χ0v) is 8.05. The summed E-state index contributed by atoms with van der Waals surface area (Å²) in [5.41, 5.74) is 0.465. The Morgan fingerprint density at radius 2 is 2.00 bits per heavy atom. The quantitative estimate of drug-likeness (QED) is 0.574. The van der Waals surface area contributed by atoms with E-state index in [1.54, 1.807) is 0 Å². The average molecular weight is 157 g/mol. The monoisotopic (exact) mass is 157 g/mol. The third-order valence-corrected chi connectivity index (χ3v) is 2.39. The van der Waals surface area contributed by atoms with Crippen LogP contribution in [0.4, 0.5) is 0 Å². The Morgan fingerprint density at radius 1 is 1.36 bits per heavy atom. The van der Waals surface area contributed by atoms with Crippen LogP contribution in [0.25, 0.3) is 0 Å². The third-order valence-electron chi connectivity index (χ3n) is 2.39. The Labute approximate surface area is 69.5 Å². The Kier molecular flexibility index (Phi) is 2.55. The van der Waals surface area contributed by atoms with Crippen LogP contribution in [0.3, 0.4) is 0 Å². The van der Waals surface area contributed by atoms with Gasteiger partial charge in [0.25, 0.3) is 0 Å². The first-order chi connectivity index (χ1) is 5.01. The number of hydrogen-bond acceptors (Lipinski definition) is 2. The summed E-state index contributed by atoms with van der Waals surface area (Å²) < 4.78 is 5.60. The molecular weight excluding hydrogens is 138 g/mol. The van der Waals surface area contributed by atoms with Crippen molar-refractivity contribution < 1.29 is 4.74 Å². The van der Waals surface area contributed by atoms with E-state index < -0.39 is 0 Å². The van der Waals surface area contributed by atoms with Crippen molar-refractivity contribution >= 4 is 0 Å². The number of hydrogen-bond donors (Lipinski definition) is 0. The summed E-state index contributed by atoms with van der Waals surface area (Å²) >= 11 is 0. The molecule has 1 rings (SSSR count). The van der Waals surface area contributed by atoms with Gasteiger partial charge in [-0.05, 0) is 32.4 Å². The minimum atomic E-state index is 0.332. The number of ether oxygens (including phenoxy) is 1. The zero-order chi connectivity index (χ0) is 8.48. The Balaban J connectivity index is 2.46. The van der Waals surface area contributed by atoms with Gasteiger partial charge in [-0.2, -0.15) is 0 Å². The van der Waals surface area contributed by atoms with E-state index in [1.807, 2.05) is 0 Å². The molecule has 1 aliphatic rings. The van der Waals surface area contributed by atoms with Gasteiger partial charge in [0.15, 0.2) is 0 Å². The minimum Gasteiger partial charge on any atom is -0.363 e. The molecule has 0 aromatic rings. The summed E-state index contributed by atoms with van der Waals surface area (Å²) in [4.78, 5) is 2.15. The fraction of sp³-hybridized carbons (Fsp3) is 1.00. The van der Waals surface area contributed by atoms with Gasteiger partial charge in [-0.15, -0.1) is 0 Å². The fourth-order valence-electron chi connectivity index (χ4n) is 1.44. The molecule has 0 radical (unpaired) electrons. The van der Waals surface area contributed by atoms with E-state index in [-0.39, 0.29) is 0 Å². The van der Waals surface area contributed by atoms with Crippen molar-refractivity contribution in [3.05, 3.63) is 0 Å². The highest BCUT2D eigenvalue weighted by Crippen LogP contribution is 2.32. The molecule has 66 valence electrons. The molecule has 0 N–H and O–H groups in total. The molecule has 0 aliphatic carbocycles. The van der Waals surface area contributed by atoms with Gasteiger partial charge < -0.3 is 4.74 Å². The average Bonchev–Trinajstić information content (AvgIpc) is 1.85. The van der Waals surface area contributed by atoms with Crippen LogP contribution >= 0.6 is 0 Å². The van der Waals surface area contributed by atoms with E-state index in [0.717, 1.165) is 13.0 Å². The maximum Gasteiger partial charge on any atom is 0.110 e. The Hall–Kier alpha value is -0.0800. The lowest BCUT2D eigenvalue weighted by Gasteiger charge is -2.38. The SMILES string of the molecule is CN(C)C1CC(C)(C)CCO1.